The number of morpholine rings is 1. The average molecular weight is 607 g/mol. The summed E-state index contributed by atoms with van der Waals surface area (Å²) in [5, 5.41) is 23.5. The normalized spacial score (nSPS) is 18.7. The van der Waals surface area contributed by atoms with Crippen LogP contribution in [0.4, 0.5) is 4.39 Å². The summed E-state index contributed by atoms with van der Waals surface area (Å²) in [5.74, 6) is -4.23. The molecule has 1 aliphatic heterocycles. The van der Waals surface area contributed by atoms with Crippen molar-refractivity contribution in [2.24, 2.45) is 0 Å². The Hall–Kier alpha value is -3.12. The number of aryl methyl sites for hydroxylation is 1. The third kappa shape index (κ3) is 7.39. The van der Waals surface area contributed by atoms with Crippen molar-refractivity contribution in [1.82, 2.24) is 15.1 Å². The summed E-state index contributed by atoms with van der Waals surface area (Å²) in [6.07, 6.45) is 0.572. The number of aldehydes is 1. The van der Waals surface area contributed by atoms with Gasteiger partial charge in [-0.3, -0.25) is 14.5 Å². The van der Waals surface area contributed by atoms with Gasteiger partial charge in [-0.25, -0.2) is 4.39 Å². The maximum atomic E-state index is 15.9. The third-order valence-corrected chi connectivity index (χ3v) is 8.39. The van der Waals surface area contributed by atoms with Crippen molar-refractivity contribution in [3.8, 4) is 5.75 Å². The van der Waals surface area contributed by atoms with Crippen molar-refractivity contribution >= 4 is 50.0 Å². The van der Waals surface area contributed by atoms with E-state index in [0.717, 1.165) is 5.56 Å². The van der Waals surface area contributed by atoms with E-state index in [0.29, 0.717) is 29.8 Å². The minimum Gasteiger partial charge on any atom is -0.500 e. The van der Waals surface area contributed by atoms with Gasteiger partial charge in [0, 0.05) is 32.1 Å². The van der Waals surface area contributed by atoms with Crippen LogP contribution in [0.25, 0.3) is 0 Å². The molecule has 0 aromatic heterocycles. The minimum atomic E-state index is -3.02. The molecular formula is C29H42B4FN3O7. The maximum absolute atomic E-state index is 15.9. The predicted molar refractivity (Wildman–Crippen MR) is 174 cm³/mol. The molecule has 1 fully saturated rings. The summed E-state index contributed by atoms with van der Waals surface area (Å²) in [6.45, 7) is 7.05. The highest BCUT2D eigenvalue weighted by Crippen LogP contribution is 2.38. The van der Waals surface area contributed by atoms with Gasteiger partial charge in [-0.05, 0) is 55.8 Å². The number of nitrogens with zero attached hydrogens (tertiary/aromatic N) is 2. The SMILES string of the molecule is BC(B)(Oc1cccc(C)c1C(O)(O)N(C=O)C(CCC=O)C(=O)NC)c1ccc(C(B)(B)N2CC(C)OC(C)C2)cc1F. The summed E-state index contributed by atoms with van der Waals surface area (Å²) in [7, 11) is 8.74. The fourth-order valence-corrected chi connectivity index (χ4v) is 5.97. The Morgan fingerprint density at radius 2 is 1.82 bits per heavy atom. The predicted octanol–water partition coefficient (Wildman–Crippen LogP) is -2.28. The lowest BCUT2D eigenvalue weighted by Crippen LogP contribution is -2.56. The molecule has 15 heteroatoms. The van der Waals surface area contributed by atoms with Crippen LogP contribution in [0.1, 0.15) is 48.9 Å². The van der Waals surface area contributed by atoms with Gasteiger partial charge in [-0.15, -0.1) is 0 Å². The molecule has 1 heterocycles. The molecule has 3 rings (SSSR count). The fraction of sp³-hybridized carbons (Fsp3) is 0.483. The average Bonchev–Trinajstić information content (AvgIpc) is 2.93. The van der Waals surface area contributed by atoms with E-state index in [1.165, 1.54) is 19.2 Å². The molecule has 0 bridgehead atoms. The summed E-state index contributed by atoms with van der Waals surface area (Å²) < 4.78 is 28.1. The summed E-state index contributed by atoms with van der Waals surface area (Å²) in [5.41, 5.74) is 1.16. The highest BCUT2D eigenvalue weighted by molar-refractivity contribution is 6.40. The highest BCUT2D eigenvalue weighted by atomic mass is 19.1. The van der Waals surface area contributed by atoms with E-state index in [2.05, 4.69) is 25.9 Å². The van der Waals surface area contributed by atoms with E-state index >= 15 is 4.39 Å². The van der Waals surface area contributed by atoms with Crippen LogP contribution in [-0.2, 0) is 35.8 Å². The van der Waals surface area contributed by atoms with Crippen LogP contribution in [-0.4, -0.2) is 108 Å². The lowest BCUT2D eigenvalue weighted by molar-refractivity contribution is -0.271. The molecule has 234 valence electrons. The lowest BCUT2D eigenvalue weighted by Gasteiger charge is -2.46. The largest absolute Gasteiger partial charge is 0.500 e. The monoisotopic (exact) mass is 607 g/mol. The smallest absolute Gasteiger partial charge is 0.281 e. The first-order valence-corrected chi connectivity index (χ1v) is 14.8. The Kier molecular flexibility index (Phi) is 11.2. The zero-order valence-electron chi connectivity index (χ0n) is 26.9. The Morgan fingerprint density at radius 3 is 2.36 bits per heavy atom. The van der Waals surface area contributed by atoms with Crippen molar-refractivity contribution in [2.45, 2.75) is 68.5 Å². The number of nitrogens with one attached hydrogen (secondary N) is 1. The van der Waals surface area contributed by atoms with Gasteiger partial charge in [0.25, 0.3) is 5.91 Å². The molecule has 0 radical (unpaired) electrons. The zero-order chi connectivity index (χ0) is 33.0. The topological polar surface area (TPSA) is 129 Å². The van der Waals surface area contributed by atoms with Crippen LogP contribution in [0, 0.1) is 12.7 Å². The number of carbonyl (C=O) groups is 3. The van der Waals surface area contributed by atoms with Gasteiger partial charge in [0.05, 0.1) is 23.2 Å². The van der Waals surface area contributed by atoms with Gasteiger partial charge in [0.2, 0.25) is 12.3 Å². The van der Waals surface area contributed by atoms with Crippen LogP contribution >= 0.6 is 0 Å². The number of aliphatic hydroxyl groups is 2. The number of amides is 2. The van der Waals surface area contributed by atoms with Gasteiger partial charge in [0.15, 0.2) is 15.7 Å². The van der Waals surface area contributed by atoms with E-state index in [1.807, 2.05) is 19.9 Å². The molecule has 0 spiro atoms. The molecule has 10 nitrogen and oxygen atoms in total. The van der Waals surface area contributed by atoms with E-state index in [4.69, 9.17) is 9.47 Å². The first kappa shape index (κ1) is 35.4. The number of hydrogen-bond donors (Lipinski definition) is 3. The van der Waals surface area contributed by atoms with Crippen molar-refractivity contribution in [3.05, 3.63) is 64.5 Å². The molecule has 1 aliphatic rings. The molecular weight excluding hydrogens is 565 g/mol. The molecule has 0 saturated carbocycles. The van der Waals surface area contributed by atoms with E-state index in [-0.39, 0.29) is 48.3 Å². The first-order chi connectivity index (χ1) is 20.5. The molecule has 3 N–H and O–H groups in total. The van der Waals surface area contributed by atoms with Crippen LogP contribution in [0.3, 0.4) is 0 Å². The second kappa shape index (κ2) is 13.9. The number of carbonyl (C=O) groups excluding carboxylic acids is 3. The molecule has 44 heavy (non-hydrogen) atoms. The molecule has 3 atom stereocenters. The van der Waals surface area contributed by atoms with Crippen molar-refractivity contribution < 1.29 is 38.5 Å². The number of halogens is 1. The molecule has 2 amide bonds. The summed E-state index contributed by atoms with van der Waals surface area (Å²) >= 11 is 0. The number of benzene rings is 2. The first-order valence-electron chi connectivity index (χ1n) is 14.8. The van der Waals surface area contributed by atoms with Gasteiger partial charge in [0.1, 0.15) is 39.6 Å². The van der Waals surface area contributed by atoms with Gasteiger partial charge in [-0.2, -0.15) is 0 Å². The summed E-state index contributed by atoms with van der Waals surface area (Å²) in [6, 6.07) is 8.35. The minimum absolute atomic E-state index is 0.0296. The van der Waals surface area contributed by atoms with Crippen LogP contribution in [0.5, 0.6) is 5.75 Å². The van der Waals surface area contributed by atoms with Crippen molar-refractivity contribution in [1.29, 1.82) is 0 Å². The number of likely N-dealkylation sites (N-methyl/N-ethyl adjacent to an activating group) is 1. The van der Waals surface area contributed by atoms with Crippen LogP contribution < -0.4 is 10.1 Å². The second-order valence-corrected chi connectivity index (χ2v) is 12.5. The Balaban J connectivity index is 1.99. The molecule has 0 aliphatic carbocycles. The molecule has 1 saturated heterocycles. The van der Waals surface area contributed by atoms with Crippen LogP contribution in [0.2, 0.25) is 0 Å². The van der Waals surface area contributed by atoms with Crippen molar-refractivity contribution in [3.63, 3.8) is 0 Å². The zero-order valence-corrected chi connectivity index (χ0v) is 26.9. The van der Waals surface area contributed by atoms with E-state index < -0.39 is 34.4 Å². The van der Waals surface area contributed by atoms with Crippen LogP contribution in [0.15, 0.2) is 36.4 Å². The molecule has 2 aromatic carbocycles. The molecule has 2 aromatic rings. The van der Waals surface area contributed by atoms with Gasteiger partial charge >= 0.3 is 0 Å². The van der Waals surface area contributed by atoms with Gasteiger partial charge in [-0.1, -0.05) is 24.3 Å². The Labute approximate surface area is 262 Å². The fourth-order valence-electron chi connectivity index (χ4n) is 5.97. The number of rotatable bonds is 13. The Bertz CT molecular complexity index is 1350. The van der Waals surface area contributed by atoms with E-state index in [9.17, 15) is 24.6 Å². The number of ether oxygens (including phenoxy) is 2. The van der Waals surface area contributed by atoms with E-state index in [1.54, 1.807) is 40.8 Å². The molecule has 3 unspecified atom stereocenters. The highest BCUT2D eigenvalue weighted by Gasteiger charge is 2.44. The lowest BCUT2D eigenvalue weighted by atomic mass is 9.55. The quantitative estimate of drug-likeness (QED) is 0.132. The maximum Gasteiger partial charge on any atom is 0.281 e. The second-order valence-electron chi connectivity index (χ2n) is 12.5. The van der Waals surface area contributed by atoms with Crippen molar-refractivity contribution in [2.75, 3.05) is 20.1 Å². The van der Waals surface area contributed by atoms with Gasteiger partial charge < -0.3 is 34.7 Å². The third-order valence-electron chi connectivity index (χ3n) is 8.39. The summed E-state index contributed by atoms with van der Waals surface area (Å²) in [4.78, 5) is 38.7. The number of hydrogen-bond acceptors (Lipinski definition) is 8. The standard InChI is InChI=1S/C29H42B4FN3O7/c1-17-7-5-9-24(25(17)29(41,42)37(16-39)23(8-6-12-38)26(40)35-4)44-28(32,33)21-11-10-20(13-22(21)34)27(30,31)36-14-18(2)43-19(3)15-36/h5,7,9-13,16,18-19,23,41-42H,6,8,14-15,30-33H2,1-4H3,(H,35,40). The Morgan fingerprint density at radius 1 is 1.18 bits per heavy atom.